The highest BCUT2D eigenvalue weighted by Gasteiger charge is 2.16. The number of para-hydroxylation sites is 1. The fraction of sp³-hybridized carbons (Fsp3) is 0.300. The number of nitrogens with zero attached hydrogens (tertiary/aromatic N) is 1. The molecule has 80 valence electrons. The van der Waals surface area contributed by atoms with Crippen LogP contribution in [0, 0.1) is 11.3 Å². The Kier molecular flexibility index (Phi) is 3.32. The molecular weight excluding hydrogens is 212 g/mol. The van der Waals surface area contributed by atoms with Gasteiger partial charge in [-0.25, -0.2) is 8.42 Å². The van der Waals surface area contributed by atoms with Crippen molar-refractivity contribution in [1.82, 2.24) is 0 Å². The van der Waals surface area contributed by atoms with Crippen LogP contribution in [0.2, 0.25) is 0 Å². The van der Waals surface area contributed by atoms with Crippen molar-refractivity contribution in [2.24, 2.45) is 0 Å². The van der Waals surface area contributed by atoms with Gasteiger partial charge in [0.15, 0.2) is 0 Å². The average molecular weight is 224 g/mol. The molecule has 0 atom stereocenters. The van der Waals surface area contributed by atoms with E-state index in [1.54, 1.807) is 38.1 Å². The van der Waals surface area contributed by atoms with Crippen LogP contribution in [0.5, 0.6) is 0 Å². The minimum Gasteiger partial charge on any atom is -0.282 e. The fourth-order valence-electron chi connectivity index (χ4n) is 0.941. The minimum atomic E-state index is -3.38. The Bertz CT molecular complexity index is 486. The molecule has 15 heavy (non-hydrogen) atoms. The van der Waals surface area contributed by atoms with Crippen LogP contribution in [0.1, 0.15) is 19.4 Å². The monoisotopic (exact) mass is 224 g/mol. The predicted octanol–water partition coefficient (Wildman–Crippen LogP) is 1.71. The maximum absolute atomic E-state index is 11.5. The molecule has 0 unspecified atom stereocenters. The Morgan fingerprint density at radius 2 is 1.93 bits per heavy atom. The SMILES string of the molecule is CC(C)S(=O)(=O)Nc1ccccc1C#N. The van der Waals surface area contributed by atoms with Gasteiger partial charge in [-0.15, -0.1) is 0 Å². The lowest BCUT2D eigenvalue weighted by atomic mass is 10.2. The van der Waals surface area contributed by atoms with Gasteiger partial charge in [0.2, 0.25) is 10.0 Å². The molecule has 0 saturated carbocycles. The van der Waals surface area contributed by atoms with E-state index < -0.39 is 15.3 Å². The van der Waals surface area contributed by atoms with Crippen molar-refractivity contribution in [3.63, 3.8) is 0 Å². The third-order valence-corrected chi connectivity index (χ3v) is 3.67. The summed E-state index contributed by atoms with van der Waals surface area (Å²) in [5.41, 5.74) is 0.649. The zero-order valence-electron chi connectivity index (χ0n) is 8.56. The van der Waals surface area contributed by atoms with E-state index in [1.165, 1.54) is 0 Å². The third-order valence-electron chi connectivity index (χ3n) is 1.92. The zero-order valence-corrected chi connectivity index (χ0v) is 9.38. The molecule has 0 aliphatic heterocycles. The van der Waals surface area contributed by atoms with Gasteiger partial charge in [0.25, 0.3) is 0 Å². The molecule has 0 fully saturated rings. The smallest absolute Gasteiger partial charge is 0.235 e. The molecule has 0 saturated heterocycles. The first-order valence-electron chi connectivity index (χ1n) is 4.48. The molecule has 0 aliphatic rings. The Morgan fingerprint density at radius 3 is 2.47 bits per heavy atom. The van der Waals surface area contributed by atoms with Crippen LogP contribution in [0.4, 0.5) is 5.69 Å². The van der Waals surface area contributed by atoms with Crippen molar-refractivity contribution >= 4 is 15.7 Å². The molecule has 4 nitrogen and oxygen atoms in total. The van der Waals surface area contributed by atoms with Gasteiger partial charge in [0, 0.05) is 0 Å². The van der Waals surface area contributed by atoms with Gasteiger partial charge in [-0.05, 0) is 26.0 Å². The highest BCUT2D eigenvalue weighted by molar-refractivity contribution is 7.93. The number of hydrogen-bond acceptors (Lipinski definition) is 3. The zero-order chi connectivity index (χ0) is 11.5. The summed E-state index contributed by atoms with van der Waals surface area (Å²) in [4.78, 5) is 0. The van der Waals surface area contributed by atoms with Crippen LogP contribution >= 0.6 is 0 Å². The second-order valence-corrected chi connectivity index (χ2v) is 5.59. The first-order chi connectivity index (χ1) is 6.97. The van der Waals surface area contributed by atoms with E-state index in [-0.39, 0.29) is 0 Å². The van der Waals surface area contributed by atoms with Crippen molar-refractivity contribution in [2.75, 3.05) is 4.72 Å². The lowest BCUT2D eigenvalue weighted by molar-refractivity contribution is 0.593. The summed E-state index contributed by atoms with van der Waals surface area (Å²) >= 11 is 0. The average Bonchev–Trinajstić information content (AvgIpc) is 2.18. The standard InChI is InChI=1S/C10H12N2O2S/c1-8(2)15(13,14)12-10-6-4-3-5-9(10)7-11/h3-6,8,12H,1-2H3. The molecule has 1 aromatic rings. The molecule has 0 spiro atoms. The molecule has 1 N–H and O–H groups in total. The lowest BCUT2D eigenvalue weighted by Crippen LogP contribution is -2.22. The lowest BCUT2D eigenvalue weighted by Gasteiger charge is -2.11. The number of hydrogen-bond donors (Lipinski definition) is 1. The van der Waals surface area contributed by atoms with Crippen LogP contribution in [0.25, 0.3) is 0 Å². The number of nitriles is 1. The normalized spacial score (nSPS) is 11.1. The van der Waals surface area contributed by atoms with Crippen molar-refractivity contribution < 1.29 is 8.42 Å². The largest absolute Gasteiger partial charge is 0.282 e. The summed E-state index contributed by atoms with van der Waals surface area (Å²) in [6, 6.07) is 8.43. The van der Waals surface area contributed by atoms with Crippen molar-refractivity contribution in [3.8, 4) is 6.07 Å². The van der Waals surface area contributed by atoms with E-state index in [9.17, 15) is 8.42 Å². The highest BCUT2D eigenvalue weighted by atomic mass is 32.2. The van der Waals surface area contributed by atoms with Gasteiger partial charge in [-0.3, -0.25) is 4.72 Å². The van der Waals surface area contributed by atoms with Crippen LogP contribution in [0.3, 0.4) is 0 Å². The summed E-state index contributed by atoms with van der Waals surface area (Å²) in [7, 11) is -3.38. The Balaban J connectivity index is 3.06. The van der Waals surface area contributed by atoms with E-state index in [4.69, 9.17) is 5.26 Å². The summed E-state index contributed by atoms with van der Waals surface area (Å²) in [6.07, 6.45) is 0. The number of rotatable bonds is 3. The number of anilines is 1. The Morgan fingerprint density at radius 1 is 1.33 bits per heavy atom. The molecule has 0 bridgehead atoms. The molecule has 0 aromatic heterocycles. The Hall–Kier alpha value is -1.54. The third kappa shape index (κ3) is 2.70. The number of nitrogens with one attached hydrogen (secondary N) is 1. The molecular formula is C10H12N2O2S. The summed E-state index contributed by atoms with van der Waals surface area (Å²) < 4.78 is 25.5. The van der Waals surface area contributed by atoms with E-state index in [0.29, 0.717) is 11.3 Å². The van der Waals surface area contributed by atoms with E-state index in [2.05, 4.69) is 4.72 Å². The summed E-state index contributed by atoms with van der Waals surface area (Å²) in [5.74, 6) is 0. The second kappa shape index (κ2) is 4.32. The molecule has 0 aliphatic carbocycles. The summed E-state index contributed by atoms with van der Waals surface area (Å²) in [5, 5.41) is 8.25. The van der Waals surface area contributed by atoms with E-state index in [0.717, 1.165) is 0 Å². The fourth-order valence-corrected chi connectivity index (χ4v) is 1.66. The van der Waals surface area contributed by atoms with Crippen molar-refractivity contribution in [1.29, 1.82) is 5.26 Å². The summed E-state index contributed by atoms with van der Waals surface area (Å²) in [6.45, 7) is 3.16. The van der Waals surface area contributed by atoms with Crippen molar-refractivity contribution in [2.45, 2.75) is 19.1 Å². The molecule has 5 heteroatoms. The minimum absolute atomic E-state index is 0.321. The second-order valence-electron chi connectivity index (χ2n) is 3.35. The molecule has 1 aromatic carbocycles. The van der Waals surface area contributed by atoms with Gasteiger partial charge < -0.3 is 0 Å². The number of sulfonamides is 1. The topological polar surface area (TPSA) is 70.0 Å². The van der Waals surface area contributed by atoms with Gasteiger partial charge >= 0.3 is 0 Å². The van der Waals surface area contributed by atoms with Crippen LogP contribution in [-0.4, -0.2) is 13.7 Å². The molecule has 0 amide bonds. The predicted molar refractivity (Wildman–Crippen MR) is 58.8 cm³/mol. The Labute approximate surface area is 89.6 Å². The first-order valence-corrected chi connectivity index (χ1v) is 6.03. The molecule has 0 radical (unpaired) electrons. The van der Waals surface area contributed by atoms with Gasteiger partial charge in [0.1, 0.15) is 6.07 Å². The highest BCUT2D eigenvalue weighted by Crippen LogP contribution is 2.16. The number of benzene rings is 1. The van der Waals surface area contributed by atoms with E-state index in [1.807, 2.05) is 6.07 Å². The van der Waals surface area contributed by atoms with Gasteiger partial charge in [-0.2, -0.15) is 5.26 Å². The first kappa shape index (κ1) is 11.5. The van der Waals surface area contributed by atoms with Gasteiger partial charge in [-0.1, -0.05) is 12.1 Å². The van der Waals surface area contributed by atoms with Crippen molar-refractivity contribution in [3.05, 3.63) is 29.8 Å². The maximum atomic E-state index is 11.5. The van der Waals surface area contributed by atoms with Gasteiger partial charge in [0.05, 0.1) is 16.5 Å². The quantitative estimate of drug-likeness (QED) is 0.849. The van der Waals surface area contributed by atoms with Crippen LogP contribution in [0.15, 0.2) is 24.3 Å². The van der Waals surface area contributed by atoms with E-state index >= 15 is 0 Å². The molecule has 1 rings (SSSR count). The maximum Gasteiger partial charge on any atom is 0.235 e. The molecule has 0 heterocycles. The van der Waals surface area contributed by atoms with Crippen LogP contribution < -0.4 is 4.72 Å². The van der Waals surface area contributed by atoms with Crippen LogP contribution in [-0.2, 0) is 10.0 Å².